The number of likely N-dealkylation sites (tertiary alicyclic amines) is 1. The first kappa shape index (κ1) is 20.3. The third kappa shape index (κ3) is 7.10. The molecule has 0 saturated carbocycles. The van der Waals surface area contributed by atoms with Crippen molar-refractivity contribution in [2.24, 2.45) is 5.92 Å². The Kier molecular flexibility index (Phi) is 7.12. The fraction of sp³-hybridized carbons (Fsp3) is 0.700. The molecule has 1 aromatic rings. The topological polar surface area (TPSA) is 80.5 Å². The maximum absolute atomic E-state index is 12.2. The number of unbranched alkanes of at least 4 members (excludes halogenated alkanes) is 1. The van der Waals surface area contributed by atoms with Gasteiger partial charge in [0, 0.05) is 19.6 Å². The third-order valence-electron chi connectivity index (χ3n) is 4.51. The number of rotatable bonds is 6. The number of hydrogen-bond acceptors (Lipinski definition) is 5. The van der Waals surface area contributed by atoms with E-state index in [1.165, 1.54) is 6.42 Å². The Labute approximate surface area is 157 Å². The van der Waals surface area contributed by atoms with Crippen molar-refractivity contribution in [3.05, 3.63) is 17.7 Å². The van der Waals surface area contributed by atoms with Gasteiger partial charge in [-0.05, 0) is 77.0 Å². The largest absolute Gasteiger partial charge is 0.444 e. The van der Waals surface area contributed by atoms with Crippen molar-refractivity contribution in [1.82, 2.24) is 9.88 Å². The molecule has 2 heterocycles. The number of nitrogens with zero attached hydrogens (tertiary/aromatic N) is 2. The molecule has 1 fully saturated rings. The molecule has 1 aliphatic heterocycles. The van der Waals surface area contributed by atoms with Crippen LogP contribution < -0.4 is 11.1 Å². The number of pyridine rings is 1. The highest BCUT2D eigenvalue weighted by molar-refractivity contribution is 5.68. The lowest BCUT2D eigenvalue weighted by atomic mass is 9.93. The van der Waals surface area contributed by atoms with Crippen LogP contribution >= 0.6 is 0 Å². The number of nitrogen functional groups attached to an aromatic ring is 1. The Hall–Kier alpha value is -1.98. The van der Waals surface area contributed by atoms with E-state index in [2.05, 4.69) is 10.3 Å². The molecule has 0 spiro atoms. The van der Waals surface area contributed by atoms with Crippen molar-refractivity contribution in [3.63, 3.8) is 0 Å². The van der Waals surface area contributed by atoms with Gasteiger partial charge in [0.05, 0.1) is 0 Å². The minimum absolute atomic E-state index is 0.174. The van der Waals surface area contributed by atoms with Crippen LogP contribution in [0.5, 0.6) is 0 Å². The van der Waals surface area contributed by atoms with Gasteiger partial charge in [-0.2, -0.15) is 0 Å². The molecule has 6 heteroatoms. The summed E-state index contributed by atoms with van der Waals surface area (Å²) >= 11 is 0. The van der Waals surface area contributed by atoms with Crippen molar-refractivity contribution >= 4 is 17.7 Å². The Balaban J connectivity index is 1.66. The molecule has 0 aliphatic carbocycles. The van der Waals surface area contributed by atoms with E-state index in [-0.39, 0.29) is 6.09 Å². The van der Waals surface area contributed by atoms with E-state index in [0.717, 1.165) is 56.7 Å². The lowest BCUT2D eigenvalue weighted by Crippen LogP contribution is -2.42. The van der Waals surface area contributed by atoms with Crippen LogP contribution in [0.4, 0.5) is 16.4 Å². The van der Waals surface area contributed by atoms with Gasteiger partial charge in [-0.15, -0.1) is 0 Å². The molecule has 1 saturated heterocycles. The van der Waals surface area contributed by atoms with Gasteiger partial charge in [0.25, 0.3) is 0 Å². The first-order valence-electron chi connectivity index (χ1n) is 9.69. The van der Waals surface area contributed by atoms with Gasteiger partial charge in [0.15, 0.2) is 0 Å². The van der Waals surface area contributed by atoms with Crippen LogP contribution in [0.15, 0.2) is 12.1 Å². The van der Waals surface area contributed by atoms with Crippen LogP contribution in [-0.4, -0.2) is 41.2 Å². The first-order valence-corrected chi connectivity index (χ1v) is 9.69. The van der Waals surface area contributed by atoms with E-state index in [9.17, 15) is 4.79 Å². The molecule has 6 nitrogen and oxygen atoms in total. The summed E-state index contributed by atoms with van der Waals surface area (Å²) in [6.45, 7) is 10.3. The molecule has 0 aromatic carbocycles. The zero-order chi connectivity index (χ0) is 19.2. The van der Waals surface area contributed by atoms with Gasteiger partial charge in [-0.3, -0.25) is 0 Å². The highest BCUT2D eigenvalue weighted by atomic mass is 16.6. The summed E-state index contributed by atoms with van der Waals surface area (Å²) in [5.74, 6) is 1.97. The van der Waals surface area contributed by atoms with E-state index in [1.807, 2.05) is 44.7 Å². The molecule has 0 bridgehead atoms. The lowest BCUT2D eigenvalue weighted by molar-refractivity contribution is 0.0160. The summed E-state index contributed by atoms with van der Waals surface area (Å²) in [5.41, 5.74) is 6.46. The number of carbonyl (C=O) groups excluding carboxylic acids is 1. The third-order valence-corrected chi connectivity index (χ3v) is 4.51. The molecule has 3 N–H and O–H groups in total. The summed E-state index contributed by atoms with van der Waals surface area (Å²) < 4.78 is 5.50. The second-order valence-electron chi connectivity index (χ2n) is 8.31. The maximum atomic E-state index is 12.2. The number of amides is 1. The second-order valence-corrected chi connectivity index (χ2v) is 8.31. The smallest absolute Gasteiger partial charge is 0.410 e. The minimum atomic E-state index is -0.428. The fourth-order valence-electron chi connectivity index (χ4n) is 3.35. The summed E-state index contributed by atoms with van der Waals surface area (Å²) in [6.07, 6.45) is 5.45. The van der Waals surface area contributed by atoms with Crippen molar-refractivity contribution < 1.29 is 9.53 Å². The summed E-state index contributed by atoms with van der Waals surface area (Å²) in [5, 5.41) is 3.34. The predicted octanol–water partition coefficient (Wildman–Crippen LogP) is 4.20. The molecule has 146 valence electrons. The van der Waals surface area contributed by atoms with Gasteiger partial charge in [-0.1, -0.05) is 6.42 Å². The van der Waals surface area contributed by atoms with Crippen LogP contribution in [0.2, 0.25) is 0 Å². The number of piperidine rings is 1. The molecular weight excluding hydrogens is 328 g/mol. The van der Waals surface area contributed by atoms with Crippen molar-refractivity contribution in [2.45, 2.75) is 65.4 Å². The Bertz CT molecular complexity index is 578. The highest BCUT2D eigenvalue weighted by Gasteiger charge is 2.27. The average molecular weight is 363 g/mol. The van der Waals surface area contributed by atoms with E-state index in [1.54, 1.807) is 0 Å². The fourth-order valence-corrected chi connectivity index (χ4v) is 3.35. The second kappa shape index (κ2) is 9.10. The van der Waals surface area contributed by atoms with Gasteiger partial charge in [0.1, 0.15) is 17.2 Å². The zero-order valence-electron chi connectivity index (χ0n) is 16.7. The Morgan fingerprint density at radius 3 is 2.85 bits per heavy atom. The van der Waals surface area contributed by atoms with Gasteiger partial charge in [0.2, 0.25) is 0 Å². The summed E-state index contributed by atoms with van der Waals surface area (Å²) in [7, 11) is 0. The monoisotopic (exact) mass is 362 g/mol. The molecule has 1 amide bonds. The number of aryl methyl sites for hydroxylation is 1. The van der Waals surface area contributed by atoms with Crippen LogP contribution in [-0.2, 0) is 4.74 Å². The minimum Gasteiger partial charge on any atom is -0.444 e. The molecular formula is C20H34N4O2. The number of ether oxygens (including phenoxy) is 1. The Morgan fingerprint density at radius 1 is 1.38 bits per heavy atom. The molecule has 2 rings (SSSR count). The molecule has 26 heavy (non-hydrogen) atoms. The van der Waals surface area contributed by atoms with Crippen LogP contribution in [0, 0.1) is 12.8 Å². The average Bonchev–Trinajstić information content (AvgIpc) is 2.52. The quantitative estimate of drug-likeness (QED) is 0.741. The molecule has 0 radical (unpaired) electrons. The van der Waals surface area contributed by atoms with Crippen LogP contribution in [0.25, 0.3) is 0 Å². The van der Waals surface area contributed by atoms with Gasteiger partial charge in [-0.25, -0.2) is 9.78 Å². The lowest BCUT2D eigenvalue weighted by Gasteiger charge is -2.34. The van der Waals surface area contributed by atoms with Crippen LogP contribution in [0.3, 0.4) is 0 Å². The van der Waals surface area contributed by atoms with Crippen molar-refractivity contribution in [1.29, 1.82) is 0 Å². The summed E-state index contributed by atoms with van der Waals surface area (Å²) in [6, 6.07) is 3.88. The first-order chi connectivity index (χ1) is 12.2. The maximum Gasteiger partial charge on any atom is 0.410 e. The number of nitrogens with one attached hydrogen (secondary N) is 1. The number of carbonyl (C=O) groups is 1. The SMILES string of the molecule is Cc1cc(N)nc(NCCCCC2CCCN(C(=O)OC(C)(C)C)C2)c1. The van der Waals surface area contributed by atoms with Crippen LogP contribution in [0.1, 0.15) is 58.4 Å². The predicted molar refractivity (Wildman–Crippen MR) is 106 cm³/mol. The molecule has 1 atom stereocenters. The summed E-state index contributed by atoms with van der Waals surface area (Å²) in [4.78, 5) is 18.4. The number of hydrogen-bond donors (Lipinski definition) is 2. The van der Waals surface area contributed by atoms with E-state index in [4.69, 9.17) is 10.5 Å². The van der Waals surface area contributed by atoms with E-state index < -0.39 is 5.60 Å². The van der Waals surface area contributed by atoms with Gasteiger partial charge < -0.3 is 20.7 Å². The number of anilines is 2. The molecule has 1 aromatic heterocycles. The standard InChI is InChI=1S/C20H34N4O2/c1-15-12-17(21)23-18(13-15)22-10-6-5-8-16-9-7-11-24(14-16)19(25)26-20(2,3)4/h12-13,16H,5-11,14H2,1-4H3,(H3,21,22,23). The molecule has 1 unspecified atom stereocenters. The molecule has 1 aliphatic rings. The van der Waals surface area contributed by atoms with Crippen molar-refractivity contribution in [3.8, 4) is 0 Å². The zero-order valence-corrected chi connectivity index (χ0v) is 16.7. The normalized spacial score (nSPS) is 17.8. The number of nitrogens with two attached hydrogens (primary N) is 1. The number of aromatic nitrogens is 1. The van der Waals surface area contributed by atoms with Crippen molar-refractivity contribution in [2.75, 3.05) is 30.7 Å². The van der Waals surface area contributed by atoms with E-state index >= 15 is 0 Å². The van der Waals surface area contributed by atoms with Gasteiger partial charge >= 0.3 is 6.09 Å². The highest BCUT2D eigenvalue weighted by Crippen LogP contribution is 2.23. The Morgan fingerprint density at radius 2 is 2.15 bits per heavy atom. The van der Waals surface area contributed by atoms with E-state index in [0.29, 0.717) is 11.7 Å².